The van der Waals surface area contributed by atoms with Crippen LogP contribution in [0.2, 0.25) is 0 Å². The molecule has 0 atom stereocenters. The molecule has 0 N–H and O–H groups in total. The maximum Gasteiger partial charge on any atom is 0.0795 e. The van der Waals surface area contributed by atoms with E-state index in [-0.39, 0.29) is 0 Å². The Hall–Kier alpha value is -1.30. The zero-order valence-corrected chi connectivity index (χ0v) is 7.82. The zero-order chi connectivity index (χ0) is 9.26. The summed E-state index contributed by atoms with van der Waals surface area (Å²) in [6.07, 6.45) is 6.30. The number of hydrogen-bond donors (Lipinski definition) is 0. The van der Waals surface area contributed by atoms with Gasteiger partial charge < -0.3 is 0 Å². The summed E-state index contributed by atoms with van der Waals surface area (Å²) in [6.45, 7) is 2.02. The molecule has 68 valence electrons. The highest BCUT2D eigenvalue weighted by molar-refractivity contribution is 5.18. The van der Waals surface area contributed by atoms with Gasteiger partial charge in [0.2, 0.25) is 0 Å². The van der Waals surface area contributed by atoms with Crippen LogP contribution in [0.4, 0.5) is 0 Å². The van der Waals surface area contributed by atoms with E-state index in [4.69, 9.17) is 5.26 Å². The van der Waals surface area contributed by atoms with E-state index in [2.05, 4.69) is 17.4 Å². The highest BCUT2D eigenvalue weighted by Gasteiger charge is 2.20. The first kappa shape index (κ1) is 8.31. The van der Waals surface area contributed by atoms with E-state index in [0.717, 1.165) is 11.3 Å². The lowest BCUT2D eigenvalue weighted by Crippen LogP contribution is -2.17. The molecule has 1 aliphatic carbocycles. The molecular weight excluding hydrogens is 162 g/mol. The van der Waals surface area contributed by atoms with Crippen LogP contribution in [-0.2, 0) is 6.42 Å². The molecule has 0 unspecified atom stereocenters. The summed E-state index contributed by atoms with van der Waals surface area (Å²) in [5, 5.41) is 13.0. The lowest BCUT2D eigenvalue weighted by atomic mass is 9.93. The van der Waals surface area contributed by atoms with Crippen molar-refractivity contribution in [1.82, 2.24) is 9.78 Å². The number of hydrogen-bond acceptors (Lipinski definition) is 2. The zero-order valence-electron chi connectivity index (χ0n) is 7.82. The van der Waals surface area contributed by atoms with Gasteiger partial charge in [0.05, 0.1) is 24.2 Å². The van der Waals surface area contributed by atoms with Gasteiger partial charge in [-0.2, -0.15) is 10.4 Å². The first-order valence-corrected chi connectivity index (χ1v) is 4.73. The van der Waals surface area contributed by atoms with Gasteiger partial charge in [0.15, 0.2) is 0 Å². The summed E-state index contributed by atoms with van der Waals surface area (Å²) >= 11 is 0. The minimum atomic E-state index is 0.436. The molecule has 1 aromatic heterocycles. The van der Waals surface area contributed by atoms with Crippen LogP contribution < -0.4 is 0 Å². The quantitative estimate of drug-likeness (QED) is 0.689. The lowest BCUT2D eigenvalue weighted by molar-refractivity contribution is 0.288. The van der Waals surface area contributed by atoms with Crippen LogP contribution in [0.1, 0.15) is 36.6 Å². The van der Waals surface area contributed by atoms with Crippen LogP contribution in [0.25, 0.3) is 0 Å². The van der Waals surface area contributed by atoms with E-state index in [9.17, 15) is 0 Å². The number of rotatable bonds is 2. The second-order valence-electron chi connectivity index (χ2n) is 3.66. The summed E-state index contributed by atoms with van der Waals surface area (Å²) in [7, 11) is 0. The summed E-state index contributed by atoms with van der Waals surface area (Å²) in [6, 6.07) is 2.74. The average molecular weight is 175 g/mol. The Morgan fingerprint density at radius 1 is 1.69 bits per heavy atom. The van der Waals surface area contributed by atoms with E-state index < -0.39 is 0 Å². The van der Waals surface area contributed by atoms with Crippen LogP contribution >= 0.6 is 0 Å². The molecule has 1 fully saturated rings. The second kappa shape index (κ2) is 3.21. The minimum absolute atomic E-state index is 0.436. The molecular formula is C10H13N3. The van der Waals surface area contributed by atoms with Gasteiger partial charge in [-0.15, -0.1) is 0 Å². The van der Waals surface area contributed by atoms with E-state index in [1.54, 1.807) is 0 Å². The smallest absolute Gasteiger partial charge is 0.0795 e. The van der Waals surface area contributed by atoms with Gasteiger partial charge in [-0.05, 0) is 31.7 Å². The Labute approximate surface area is 78.0 Å². The van der Waals surface area contributed by atoms with Gasteiger partial charge in [0.25, 0.3) is 0 Å². The van der Waals surface area contributed by atoms with Crippen LogP contribution in [0.3, 0.4) is 0 Å². The molecule has 0 aliphatic heterocycles. The van der Waals surface area contributed by atoms with Crippen molar-refractivity contribution in [2.45, 2.75) is 38.6 Å². The molecule has 1 saturated carbocycles. The standard InChI is InChI=1S/C10H13N3/c1-8-7-13(9-3-2-4-9)12-10(8)5-6-11/h7,9H,2-5H2,1H3. The fourth-order valence-corrected chi connectivity index (χ4v) is 1.61. The molecule has 0 bridgehead atoms. The molecule has 3 heteroatoms. The Balaban J connectivity index is 2.19. The van der Waals surface area contributed by atoms with Crippen molar-refractivity contribution < 1.29 is 0 Å². The van der Waals surface area contributed by atoms with E-state index in [1.807, 2.05) is 11.6 Å². The maximum atomic E-state index is 8.56. The maximum absolute atomic E-state index is 8.56. The second-order valence-corrected chi connectivity index (χ2v) is 3.66. The van der Waals surface area contributed by atoms with Crippen LogP contribution in [0.5, 0.6) is 0 Å². The Bertz CT molecular complexity index is 342. The Morgan fingerprint density at radius 2 is 2.46 bits per heavy atom. The summed E-state index contributed by atoms with van der Waals surface area (Å²) < 4.78 is 2.03. The number of nitriles is 1. The molecule has 0 saturated heterocycles. The molecule has 2 rings (SSSR count). The van der Waals surface area contributed by atoms with Crippen LogP contribution in [0, 0.1) is 18.3 Å². The third-order valence-electron chi connectivity index (χ3n) is 2.71. The molecule has 1 heterocycles. The Kier molecular flexibility index (Phi) is 2.05. The fourth-order valence-electron chi connectivity index (χ4n) is 1.61. The Morgan fingerprint density at radius 3 is 3.00 bits per heavy atom. The van der Waals surface area contributed by atoms with Gasteiger partial charge in [-0.1, -0.05) is 0 Å². The van der Waals surface area contributed by atoms with Crippen molar-refractivity contribution in [3.05, 3.63) is 17.5 Å². The highest BCUT2D eigenvalue weighted by Crippen LogP contribution is 2.31. The SMILES string of the molecule is Cc1cn(C2CCC2)nc1CC#N. The molecule has 3 nitrogen and oxygen atoms in total. The van der Waals surface area contributed by atoms with Crippen molar-refractivity contribution in [3.63, 3.8) is 0 Å². The summed E-state index contributed by atoms with van der Waals surface area (Å²) in [5.74, 6) is 0. The number of nitrogens with zero attached hydrogens (tertiary/aromatic N) is 3. The molecule has 0 aromatic carbocycles. The van der Waals surface area contributed by atoms with E-state index in [1.165, 1.54) is 19.3 Å². The average Bonchev–Trinajstić information content (AvgIpc) is 2.30. The third kappa shape index (κ3) is 1.44. The molecule has 0 radical (unpaired) electrons. The predicted octanol–water partition coefficient (Wildman–Crippen LogP) is 1.98. The van der Waals surface area contributed by atoms with Crippen molar-refractivity contribution >= 4 is 0 Å². The van der Waals surface area contributed by atoms with Gasteiger partial charge in [0, 0.05) is 6.20 Å². The largest absolute Gasteiger partial charge is 0.269 e. The third-order valence-corrected chi connectivity index (χ3v) is 2.71. The topological polar surface area (TPSA) is 41.6 Å². The molecule has 1 aliphatic rings. The predicted molar refractivity (Wildman–Crippen MR) is 49.2 cm³/mol. The minimum Gasteiger partial charge on any atom is -0.269 e. The van der Waals surface area contributed by atoms with Crippen LogP contribution in [0.15, 0.2) is 6.20 Å². The fraction of sp³-hybridized carbons (Fsp3) is 0.600. The van der Waals surface area contributed by atoms with E-state index in [0.29, 0.717) is 12.5 Å². The summed E-state index contributed by atoms with van der Waals surface area (Å²) in [5.41, 5.74) is 2.09. The highest BCUT2D eigenvalue weighted by atomic mass is 15.3. The van der Waals surface area contributed by atoms with Crippen LogP contribution in [-0.4, -0.2) is 9.78 Å². The number of aromatic nitrogens is 2. The summed E-state index contributed by atoms with van der Waals surface area (Å²) in [4.78, 5) is 0. The number of aryl methyl sites for hydroxylation is 1. The van der Waals surface area contributed by atoms with Crippen molar-refractivity contribution in [2.75, 3.05) is 0 Å². The lowest BCUT2D eigenvalue weighted by Gasteiger charge is -2.25. The van der Waals surface area contributed by atoms with Crippen molar-refractivity contribution in [1.29, 1.82) is 5.26 Å². The van der Waals surface area contributed by atoms with Gasteiger partial charge in [-0.3, -0.25) is 4.68 Å². The van der Waals surface area contributed by atoms with Gasteiger partial charge in [0.1, 0.15) is 0 Å². The van der Waals surface area contributed by atoms with Gasteiger partial charge in [-0.25, -0.2) is 0 Å². The van der Waals surface area contributed by atoms with Crippen molar-refractivity contribution in [3.8, 4) is 6.07 Å². The molecule has 0 amide bonds. The first-order valence-electron chi connectivity index (χ1n) is 4.73. The monoisotopic (exact) mass is 175 g/mol. The first-order chi connectivity index (χ1) is 6.31. The van der Waals surface area contributed by atoms with Gasteiger partial charge >= 0.3 is 0 Å². The molecule has 13 heavy (non-hydrogen) atoms. The molecule has 1 aromatic rings. The molecule has 0 spiro atoms. The van der Waals surface area contributed by atoms with E-state index >= 15 is 0 Å². The van der Waals surface area contributed by atoms with Crippen molar-refractivity contribution in [2.24, 2.45) is 0 Å². The normalized spacial score (nSPS) is 16.6.